The Hall–Kier alpha value is -2.29. The fourth-order valence-corrected chi connectivity index (χ4v) is 5.02. The molecule has 298 valence electrons. The van der Waals surface area contributed by atoms with Gasteiger partial charge < -0.3 is 27.8 Å². The fraction of sp³-hybridized carbons (Fsp3) is 0.459. The van der Waals surface area contributed by atoms with E-state index in [0.717, 1.165) is 16.8 Å². The zero-order chi connectivity index (χ0) is 40.3. The SMILES string of the molecule is C=C(/C=C(\C(F)=C(/F)CCC(=O)OCC)c1c(C)cc(F)c(C)c1C)C(F)(F)F.CNCCc1cn(C(CC(C)C)C(N)=O)c(=O)cc1C(F)(F)F.[CH3-].[Cs+]. The van der Waals surface area contributed by atoms with Gasteiger partial charge in [0, 0.05) is 29.8 Å². The Kier molecular flexibility index (Phi) is 23.6. The monoisotopic (exact) mass is 901 g/mol. The van der Waals surface area contributed by atoms with Crippen molar-refractivity contribution in [1.82, 2.24) is 9.88 Å². The van der Waals surface area contributed by atoms with Gasteiger partial charge in [0.15, 0.2) is 5.83 Å². The number of nitrogens with one attached hydrogen (secondary N) is 1. The van der Waals surface area contributed by atoms with Crippen LogP contribution in [0.25, 0.3) is 5.57 Å². The maximum Gasteiger partial charge on any atom is 1.00 e. The normalized spacial score (nSPS) is 12.8. The van der Waals surface area contributed by atoms with E-state index < -0.39 is 82.9 Å². The number of hydrogen-bond acceptors (Lipinski definition) is 5. The first-order valence-corrected chi connectivity index (χ1v) is 16.1. The Morgan fingerprint density at radius 1 is 1.04 bits per heavy atom. The number of pyridine rings is 1. The number of likely N-dealkylation sites (N-methyl/N-ethyl adjacent to an activating group) is 1. The molecule has 2 rings (SSSR count). The summed E-state index contributed by atoms with van der Waals surface area (Å²) in [6.45, 7) is 12.6. The van der Waals surface area contributed by atoms with Crippen molar-refractivity contribution in [3.05, 3.63) is 105 Å². The summed E-state index contributed by atoms with van der Waals surface area (Å²) in [4.78, 5) is 35.1. The van der Waals surface area contributed by atoms with Crippen LogP contribution in [0.3, 0.4) is 0 Å². The molecule has 0 bridgehead atoms. The number of aromatic nitrogens is 1. The first-order chi connectivity index (χ1) is 23.9. The molecule has 1 aromatic carbocycles. The number of primary amides is 1. The molecule has 0 aliphatic heterocycles. The largest absolute Gasteiger partial charge is 1.00 e. The van der Waals surface area contributed by atoms with Crippen LogP contribution >= 0.6 is 0 Å². The second kappa shape index (κ2) is 23.7. The van der Waals surface area contributed by atoms with Crippen molar-refractivity contribution in [2.24, 2.45) is 11.7 Å². The van der Waals surface area contributed by atoms with E-state index in [4.69, 9.17) is 5.73 Å². The third-order valence-electron chi connectivity index (χ3n) is 7.79. The van der Waals surface area contributed by atoms with Crippen LogP contribution in [0.4, 0.5) is 39.5 Å². The van der Waals surface area contributed by atoms with Crippen LogP contribution in [0.2, 0.25) is 0 Å². The molecule has 1 heterocycles. The Labute approximate surface area is 369 Å². The first-order valence-electron chi connectivity index (χ1n) is 16.1. The predicted molar refractivity (Wildman–Crippen MR) is 186 cm³/mol. The topological polar surface area (TPSA) is 103 Å². The molecule has 17 heteroatoms. The van der Waals surface area contributed by atoms with Crippen LogP contribution in [0.15, 0.2) is 53.0 Å². The van der Waals surface area contributed by atoms with Gasteiger partial charge in [-0.1, -0.05) is 20.4 Å². The molecule has 1 amide bonds. The molecule has 0 spiro atoms. The minimum atomic E-state index is -4.87. The number of hydrogen-bond donors (Lipinski definition) is 2. The van der Waals surface area contributed by atoms with Crippen molar-refractivity contribution in [3.63, 3.8) is 0 Å². The van der Waals surface area contributed by atoms with E-state index in [9.17, 15) is 53.9 Å². The molecule has 0 saturated carbocycles. The number of amides is 1. The second-order valence-electron chi connectivity index (χ2n) is 12.3. The maximum absolute atomic E-state index is 14.9. The number of aryl methyl sites for hydroxylation is 1. The summed E-state index contributed by atoms with van der Waals surface area (Å²) in [6.07, 6.45) is -8.82. The molecule has 0 radical (unpaired) electrons. The quantitative estimate of drug-likeness (QED) is 0.107. The molecule has 2 aromatic rings. The van der Waals surface area contributed by atoms with Gasteiger partial charge in [-0.3, -0.25) is 14.4 Å². The zero-order valence-corrected chi connectivity index (χ0v) is 38.3. The summed E-state index contributed by atoms with van der Waals surface area (Å²) < 4.78 is 127. The molecule has 0 saturated heterocycles. The summed E-state index contributed by atoms with van der Waals surface area (Å²) >= 11 is 0. The maximum atomic E-state index is 14.9. The minimum absolute atomic E-state index is 0. The molecule has 0 fully saturated rings. The molecule has 1 aromatic heterocycles. The van der Waals surface area contributed by atoms with Gasteiger partial charge in [-0.2, -0.15) is 26.3 Å². The van der Waals surface area contributed by atoms with Crippen molar-refractivity contribution in [3.8, 4) is 0 Å². The molecular formula is C37H47CsF9N3O4. The Morgan fingerprint density at radius 3 is 2.07 bits per heavy atom. The van der Waals surface area contributed by atoms with E-state index >= 15 is 0 Å². The number of alkyl halides is 6. The molecule has 54 heavy (non-hydrogen) atoms. The molecule has 7 nitrogen and oxygen atoms in total. The van der Waals surface area contributed by atoms with E-state index in [1.54, 1.807) is 7.05 Å². The number of nitrogens with two attached hydrogens (primary N) is 1. The van der Waals surface area contributed by atoms with Crippen molar-refractivity contribution in [1.29, 1.82) is 0 Å². The number of rotatable bonds is 14. The van der Waals surface area contributed by atoms with Crippen molar-refractivity contribution in [2.75, 3.05) is 20.2 Å². The number of nitrogens with zero attached hydrogens (tertiary/aromatic N) is 1. The molecule has 0 aliphatic rings. The molecular weight excluding hydrogens is 854 g/mol. The van der Waals surface area contributed by atoms with E-state index in [2.05, 4.69) is 16.6 Å². The van der Waals surface area contributed by atoms with E-state index in [-0.39, 0.29) is 130 Å². The second-order valence-corrected chi connectivity index (χ2v) is 12.3. The molecule has 3 N–H and O–H groups in total. The van der Waals surface area contributed by atoms with Gasteiger partial charge in [-0.25, -0.2) is 13.2 Å². The number of esters is 1. The van der Waals surface area contributed by atoms with Gasteiger partial charge in [0.2, 0.25) is 5.91 Å². The van der Waals surface area contributed by atoms with Crippen LogP contribution in [0.1, 0.15) is 79.5 Å². The van der Waals surface area contributed by atoms with Gasteiger partial charge in [-0.05, 0) is 100 Å². The van der Waals surface area contributed by atoms with Crippen molar-refractivity contribution < 1.29 is 123 Å². The number of carbonyl (C=O) groups excluding carboxylic acids is 2. The van der Waals surface area contributed by atoms with Crippen LogP contribution in [-0.4, -0.2) is 42.8 Å². The summed E-state index contributed by atoms with van der Waals surface area (Å²) in [5.41, 5.74) is 1.63. The predicted octanol–water partition coefficient (Wildman–Crippen LogP) is 5.90. The van der Waals surface area contributed by atoms with Crippen LogP contribution in [0, 0.1) is 39.9 Å². The standard InChI is InChI=1S/C21H22F6O2.C15H22F3N3O2.CH3.Cs/c1-6-29-18(28)8-7-16(22)20(24)15(10-12(3)21(25,26)27)19-11(2)9-17(23)13(4)14(19)5;1-9(2)6-12(14(19)23)21-8-10(4-5-20-3)11(7-13(21)22)15(16,17)18;;/h9-10H,3,6-8H2,1-2,4-5H3;7-9,12,20H,4-6H2,1-3H3,(H2,19,23);1H3;/q;;-1;+1/b15-10-,20-16+;;;. The fourth-order valence-electron chi connectivity index (χ4n) is 5.02. The summed E-state index contributed by atoms with van der Waals surface area (Å²) in [5.74, 6) is -5.06. The Balaban J connectivity index is 0. The van der Waals surface area contributed by atoms with Gasteiger partial charge in [0.1, 0.15) is 17.7 Å². The Bertz CT molecular complexity index is 1730. The van der Waals surface area contributed by atoms with Crippen LogP contribution < -0.4 is 85.5 Å². The first kappa shape index (κ1) is 53.8. The molecule has 1 unspecified atom stereocenters. The average Bonchev–Trinajstić information content (AvgIpc) is 3.02. The Morgan fingerprint density at radius 2 is 1.61 bits per heavy atom. The van der Waals surface area contributed by atoms with Crippen LogP contribution in [-0.2, 0) is 26.9 Å². The number of allylic oxidation sites excluding steroid dienone is 5. The van der Waals surface area contributed by atoms with Gasteiger partial charge in [-0.15, -0.1) is 0 Å². The molecule has 1 atom stereocenters. The molecule has 0 aliphatic carbocycles. The van der Waals surface area contributed by atoms with Gasteiger partial charge in [0.05, 0.1) is 18.6 Å². The summed E-state index contributed by atoms with van der Waals surface area (Å²) in [5, 5.41) is 2.77. The summed E-state index contributed by atoms with van der Waals surface area (Å²) in [7, 11) is 1.62. The summed E-state index contributed by atoms with van der Waals surface area (Å²) in [6, 6.07) is 0.616. The van der Waals surface area contributed by atoms with Crippen molar-refractivity contribution in [2.45, 2.75) is 85.6 Å². The number of carbonyl (C=O) groups is 2. The number of benzene rings is 1. The van der Waals surface area contributed by atoms with E-state index in [1.165, 1.54) is 27.7 Å². The average molecular weight is 902 g/mol. The number of halogens is 9. The van der Waals surface area contributed by atoms with Crippen molar-refractivity contribution >= 4 is 17.4 Å². The van der Waals surface area contributed by atoms with Gasteiger partial charge >= 0.3 is 87.2 Å². The number of ether oxygens (including phenoxy) is 1. The zero-order valence-electron chi connectivity index (χ0n) is 32.0. The van der Waals surface area contributed by atoms with E-state index in [0.29, 0.717) is 18.7 Å². The third kappa shape index (κ3) is 16.1. The van der Waals surface area contributed by atoms with Crippen LogP contribution in [0.5, 0.6) is 0 Å². The minimum Gasteiger partial charge on any atom is -0.466 e. The smallest absolute Gasteiger partial charge is 0.466 e. The third-order valence-corrected chi connectivity index (χ3v) is 7.79. The van der Waals surface area contributed by atoms with Gasteiger partial charge in [0.25, 0.3) is 5.56 Å². The van der Waals surface area contributed by atoms with E-state index in [1.807, 2.05) is 13.8 Å².